The number of rotatable bonds is 7. The number of thiophene rings is 1. The van der Waals surface area contributed by atoms with Crippen LogP contribution in [-0.2, 0) is 0 Å². The van der Waals surface area contributed by atoms with Crippen molar-refractivity contribution in [2.75, 3.05) is 4.90 Å². The molecule has 0 fully saturated rings. The lowest BCUT2D eigenvalue weighted by Crippen LogP contribution is -2.12. The Balaban J connectivity index is 0.00000140. The van der Waals surface area contributed by atoms with Crippen molar-refractivity contribution >= 4 is 70.4 Å². The number of hydrogen-bond acceptors (Lipinski definition) is 2. The van der Waals surface area contributed by atoms with E-state index in [4.69, 9.17) is 0 Å². The molecule has 60 heavy (non-hydrogen) atoms. The first-order valence-electron chi connectivity index (χ1n) is 20.4. The van der Waals surface area contributed by atoms with Gasteiger partial charge in [-0.05, 0) is 95.9 Å². The zero-order valence-electron chi connectivity index (χ0n) is 33.4. The Morgan fingerprint density at radius 1 is 0.417 bits per heavy atom. The second-order valence-corrected chi connectivity index (χ2v) is 16.0. The van der Waals surface area contributed by atoms with Gasteiger partial charge in [-0.2, -0.15) is 0 Å². The predicted octanol–water partition coefficient (Wildman–Crippen LogP) is 16.8. The Bertz CT molecular complexity index is 3300. The quantitative estimate of drug-likeness (QED) is 0.146. The van der Waals surface area contributed by atoms with E-state index in [1.165, 1.54) is 81.0 Å². The summed E-state index contributed by atoms with van der Waals surface area (Å²) < 4.78 is 5.06. The van der Waals surface area contributed by atoms with Crippen LogP contribution in [0.25, 0.3) is 81.0 Å². The summed E-state index contributed by atoms with van der Waals surface area (Å²) >= 11 is 1.87. The summed E-state index contributed by atoms with van der Waals surface area (Å²) in [5, 5.41) is 5.11. The molecule has 0 aliphatic carbocycles. The van der Waals surface area contributed by atoms with Crippen LogP contribution >= 0.6 is 11.3 Å². The van der Waals surface area contributed by atoms with Crippen LogP contribution in [-0.4, -0.2) is 4.57 Å². The van der Waals surface area contributed by atoms with Crippen LogP contribution in [0.15, 0.2) is 231 Å². The number of aromatic nitrogens is 1. The van der Waals surface area contributed by atoms with E-state index in [0.29, 0.717) is 0 Å². The summed E-state index contributed by atoms with van der Waals surface area (Å²) in [6.07, 6.45) is 1.75. The molecule has 11 rings (SSSR count). The third-order valence-corrected chi connectivity index (χ3v) is 12.3. The first-order chi connectivity index (χ1) is 29.7. The topological polar surface area (TPSA) is 8.17 Å². The zero-order chi connectivity index (χ0) is 40.4. The van der Waals surface area contributed by atoms with Gasteiger partial charge in [0, 0.05) is 53.4 Å². The molecule has 0 saturated heterocycles. The van der Waals surface area contributed by atoms with Gasteiger partial charge >= 0.3 is 0 Å². The molecular weight excluding hydrogens is 745 g/mol. The molecule has 9 aromatic carbocycles. The van der Waals surface area contributed by atoms with Crippen LogP contribution in [0.5, 0.6) is 0 Å². The van der Waals surface area contributed by atoms with Crippen LogP contribution in [0, 0.1) is 0 Å². The standard InChI is InChI=1S/C54H36N2S.C3H6/c1-3-16-37(17-4-1)38-18-15-19-39(34-38)43-22-7-11-26-49(43)55(41-20-5-2-6-21-41)50-27-12-8-23-44(50)40-30-33-52-48(35-40)45-24-9-13-28-51(45)56(52)42-31-32-47-46-25-10-14-29-53(46)57-54(47)36-42;1-3-2/h1-36H;3H,1H2,2H3. The molecule has 0 saturated carbocycles. The lowest BCUT2D eigenvalue weighted by atomic mass is 9.96. The zero-order valence-corrected chi connectivity index (χ0v) is 34.2. The molecule has 11 aromatic rings. The van der Waals surface area contributed by atoms with Crippen LogP contribution in [0.2, 0.25) is 0 Å². The van der Waals surface area contributed by atoms with Gasteiger partial charge in [-0.15, -0.1) is 17.9 Å². The number of nitrogens with zero attached hydrogens (tertiary/aromatic N) is 2. The fourth-order valence-corrected chi connectivity index (χ4v) is 9.72. The molecule has 3 heteroatoms. The fraction of sp³-hybridized carbons (Fsp3) is 0.0175. The number of benzene rings is 9. The minimum Gasteiger partial charge on any atom is -0.309 e. The largest absolute Gasteiger partial charge is 0.309 e. The fourth-order valence-electron chi connectivity index (χ4n) is 8.58. The van der Waals surface area contributed by atoms with Gasteiger partial charge in [0.25, 0.3) is 0 Å². The summed E-state index contributed by atoms with van der Waals surface area (Å²) in [6, 6.07) is 79.4. The van der Waals surface area contributed by atoms with E-state index in [9.17, 15) is 0 Å². The van der Waals surface area contributed by atoms with Crippen molar-refractivity contribution < 1.29 is 0 Å². The number of fused-ring (bicyclic) bond motifs is 6. The molecule has 2 nitrogen and oxygen atoms in total. The molecule has 2 heterocycles. The van der Waals surface area contributed by atoms with Crippen LogP contribution < -0.4 is 4.90 Å². The molecule has 0 N–H and O–H groups in total. The van der Waals surface area contributed by atoms with E-state index >= 15 is 0 Å². The van der Waals surface area contributed by atoms with Crippen molar-refractivity contribution in [2.45, 2.75) is 6.92 Å². The monoisotopic (exact) mass is 786 g/mol. The molecule has 2 aromatic heterocycles. The van der Waals surface area contributed by atoms with Gasteiger partial charge in [0.2, 0.25) is 0 Å². The highest BCUT2D eigenvalue weighted by atomic mass is 32.1. The van der Waals surface area contributed by atoms with Crippen molar-refractivity contribution in [3.8, 4) is 39.1 Å². The van der Waals surface area contributed by atoms with Gasteiger partial charge in [0.1, 0.15) is 0 Å². The summed E-state index contributed by atoms with van der Waals surface area (Å²) in [5.74, 6) is 0. The molecule has 0 spiro atoms. The first-order valence-corrected chi connectivity index (χ1v) is 21.2. The average Bonchev–Trinajstić information content (AvgIpc) is 3.85. The number of anilines is 3. The highest BCUT2D eigenvalue weighted by Gasteiger charge is 2.21. The van der Waals surface area contributed by atoms with Gasteiger partial charge in [-0.1, -0.05) is 158 Å². The SMILES string of the molecule is C=CC.c1ccc(-c2cccc(-c3ccccc3N(c3ccccc3)c3ccccc3-c3ccc4c(c3)c3ccccc3n4-c3ccc4c(c3)sc3ccccc34)c2)cc1. The maximum atomic E-state index is 3.36. The Kier molecular flexibility index (Phi) is 9.86. The van der Waals surface area contributed by atoms with Crippen molar-refractivity contribution in [3.05, 3.63) is 231 Å². The van der Waals surface area contributed by atoms with Gasteiger partial charge in [0.05, 0.1) is 22.4 Å². The molecule has 0 bridgehead atoms. The Labute approximate surface area is 355 Å². The lowest BCUT2D eigenvalue weighted by molar-refractivity contribution is 1.19. The second kappa shape index (κ2) is 16.1. The molecule has 0 aliphatic heterocycles. The normalized spacial score (nSPS) is 11.2. The molecule has 286 valence electrons. The average molecular weight is 787 g/mol. The van der Waals surface area contributed by atoms with Gasteiger partial charge in [0.15, 0.2) is 0 Å². The predicted molar refractivity (Wildman–Crippen MR) is 261 cm³/mol. The smallest absolute Gasteiger partial charge is 0.0541 e. The molecule has 0 amide bonds. The van der Waals surface area contributed by atoms with Crippen LogP contribution in [0.4, 0.5) is 17.1 Å². The van der Waals surface area contributed by atoms with E-state index in [2.05, 4.69) is 234 Å². The van der Waals surface area contributed by atoms with Crippen LogP contribution in [0.1, 0.15) is 6.92 Å². The summed E-state index contributed by atoms with van der Waals surface area (Å²) in [6.45, 7) is 5.25. The Hall–Kier alpha value is -7.46. The summed E-state index contributed by atoms with van der Waals surface area (Å²) in [5.41, 5.74) is 14.0. The maximum Gasteiger partial charge on any atom is 0.0541 e. The Morgan fingerprint density at radius 2 is 0.967 bits per heavy atom. The highest BCUT2D eigenvalue weighted by Crippen LogP contribution is 2.46. The minimum atomic E-state index is 1.10. The van der Waals surface area contributed by atoms with Gasteiger partial charge in [-0.25, -0.2) is 0 Å². The van der Waals surface area contributed by atoms with Crippen molar-refractivity contribution in [1.29, 1.82) is 0 Å². The minimum absolute atomic E-state index is 1.10. The second-order valence-electron chi connectivity index (χ2n) is 14.9. The lowest BCUT2D eigenvalue weighted by Gasteiger charge is -2.30. The third-order valence-electron chi connectivity index (χ3n) is 11.2. The van der Waals surface area contributed by atoms with E-state index in [-0.39, 0.29) is 0 Å². The third kappa shape index (κ3) is 6.65. The molecule has 0 aliphatic rings. The Morgan fingerprint density at radius 3 is 1.72 bits per heavy atom. The van der Waals surface area contributed by atoms with Gasteiger partial charge < -0.3 is 9.47 Å². The van der Waals surface area contributed by atoms with E-state index in [1.807, 2.05) is 18.3 Å². The van der Waals surface area contributed by atoms with E-state index in [1.54, 1.807) is 6.08 Å². The molecular formula is C57H42N2S. The molecule has 0 radical (unpaired) electrons. The van der Waals surface area contributed by atoms with Crippen molar-refractivity contribution in [3.63, 3.8) is 0 Å². The number of para-hydroxylation sites is 4. The van der Waals surface area contributed by atoms with Crippen molar-refractivity contribution in [1.82, 2.24) is 4.57 Å². The number of allylic oxidation sites excluding steroid dienone is 1. The molecule has 0 unspecified atom stereocenters. The number of hydrogen-bond donors (Lipinski definition) is 0. The maximum absolute atomic E-state index is 3.36. The van der Waals surface area contributed by atoms with Crippen molar-refractivity contribution in [2.24, 2.45) is 0 Å². The summed E-state index contributed by atoms with van der Waals surface area (Å²) in [7, 11) is 0. The van der Waals surface area contributed by atoms with E-state index < -0.39 is 0 Å². The van der Waals surface area contributed by atoms with E-state index in [0.717, 1.165) is 17.1 Å². The summed E-state index contributed by atoms with van der Waals surface area (Å²) in [4.78, 5) is 2.42. The molecule has 0 atom stereocenters. The van der Waals surface area contributed by atoms with Crippen LogP contribution in [0.3, 0.4) is 0 Å². The van der Waals surface area contributed by atoms with Gasteiger partial charge in [-0.3, -0.25) is 0 Å². The first kappa shape index (κ1) is 36.9. The highest BCUT2D eigenvalue weighted by molar-refractivity contribution is 7.25.